The Hall–Kier alpha value is -4.93. The van der Waals surface area contributed by atoms with Crippen LogP contribution in [0, 0.1) is 0 Å². The minimum atomic E-state index is 0.990. The van der Waals surface area contributed by atoms with E-state index in [0.717, 1.165) is 45.5 Å². The van der Waals surface area contributed by atoms with Crippen molar-refractivity contribution >= 4 is 58.3 Å². The van der Waals surface area contributed by atoms with Crippen molar-refractivity contribution in [1.29, 1.82) is 0 Å². The molecule has 0 heterocycles. The van der Waals surface area contributed by atoms with Crippen LogP contribution in [0.15, 0.2) is 170 Å². The Morgan fingerprint density at radius 3 is 0.700 bits per heavy atom. The van der Waals surface area contributed by atoms with Gasteiger partial charge in [-0.2, -0.15) is 0 Å². The van der Waals surface area contributed by atoms with Crippen LogP contribution in [0.2, 0.25) is 0 Å². The van der Waals surface area contributed by atoms with Crippen molar-refractivity contribution in [3.05, 3.63) is 170 Å². The molecule has 0 saturated carbocycles. The van der Waals surface area contributed by atoms with E-state index in [1.807, 2.05) is 28.6 Å². The third-order valence-corrected chi connectivity index (χ3v) is 7.22. The summed E-state index contributed by atoms with van der Waals surface area (Å²) in [6, 6.07) is 58.7. The summed E-state index contributed by atoms with van der Waals surface area (Å²) in [6.45, 7) is 0. The number of hydrogen-bond acceptors (Lipinski definition) is 4. The van der Waals surface area contributed by atoms with Crippen molar-refractivity contribution in [2.45, 2.75) is 0 Å². The molecule has 0 amide bonds. The normalized spacial score (nSPS) is 10.6. The highest BCUT2D eigenvalue weighted by molar-refractivity contribution is 7.82. The highest BCUT2D eigenvalue weighted by Crippen LogP contribution is 2.38. The van der Waals surface area contributed by atoms with Gasteiger partial charge < -0.3 is 9.80 Å². The number of nitrogens with zero attached hydrogens (tertiary/aromatic N) is 3. The van der Waals surface area contributed by atoms with Crippen LogP contribution >= 0.6 is 12.8 Å². The van der Waals surface area contributed by atoms with E-state index in [1.165, 1.54) is 0 Å². The van der Waals surface area contributed by atoms with Gasteiger partial charge >= 0.3 is 0 Å². The molecule has 0 N–H and O–H groups in total. The van der Waals surface area contributed by atoms with Gasteiger partial charge in [0.1, 0.15) is 0 Å². The standard InChI is InChI=1S/C36H29N3S/c40-39(35-25-21-33(22-26-35)37(29-13-5-1-6-14-29)30-15-7-2-8-16-30)36-27-23-34(24-28-36)38(31-17-9-3-10-18-31)32-19-11-4-12-20-32/h1-28,40H. The molecule has 0 atom stereocenters. The molecule has 6 aromatic rings. The average molecular weight is 536 g/mol. The molecule has 0 aliphatic carbocycles. The van der Waals surface area contributed by atoms with Gasteiger partial charge in [-0.25, -0.2) is 0 Å². The molecule has 0 unspecified atom stereocenters. The van der Waals surface area contributed by atoms with Gasteiger partial charge in [0.25, 0.3) is 0 Å². The van der Waals surface area contributed by atoms with Crippen LogP contribution in [-0.4, -0.2) is 0 Å². The van der Waals surface area contributed by atoms with E-state index in [1.54, 1.807) is 0 Å². The first-order valence-corrected chi connectivity index (χ1v) is 13.7. The number of benzene rings is 6. The molecule has 6 aromatic carbocycles. The van der Waals surface area contributed by atoms with Crippen molar-refractivity contribution in [3.63, 3.8) is 0 Å². The van der Waals surface area contributed by atoms with Gasteiger partial charge in [0.15, 0.2) is 0 Å². The van der Waals surface area contributed by atoms with Gasteiger partial charge in [-0.05, 0) is 97.1 Å². The molecule has 4 heteroatoms. The number of hydrogen-bond donors (Lipinski definition) is 1. The third-order valence-electron chi connectivity index (χ3n) is 6.76. The summed E-state index contributed by atoms with van der Waals surface area (Å²) in [5.74, 6) is 0. The van der Waals surface area contributed by atoms with Crippen LogP contribution in [0.1, 0.15) is 0 Å². The summed E-state index contributed by atoms with van der Waals surface area (Å²) in [5.41, 5.74) is 8.59. The highest BCUT2D eigenvalue weighted by Gasteiger charge is 2.15. The summed E-state index contributed by atoms with van der Waals surface area (Å²) in [6.07, 6.45) is 0. The first-order chi connectivity index (χ1) is 19.8. The topological polar surface area (TPSA) is 9.72 Å². The smallest absolute Gasteiger partial charge is 0.0524 e. The Bertz CT molecular complexity index is 1420. The number of para-hydroxylation sites is 4. The Morgan fingerprint density at radius 1 is 0.250 bits per heavy atom. The molecule has 6 rings (SSSR count). The van der Waals surface area contributed by atoms with Crippen molar-refractivity contribution in [2.24, 2.45) is 0 Å². The molecule has 0 spiro atoms. The molecule has 0 bridgehead atoms. The Kier molecular flexibility index (Phi) is 7.51. The maximum Gasteiger partial charge on any atom is 0.0524 e. The maximum absolute atomic E-state index is 4.87. The Balaban J connectivity index is 1.27. The lowest BCUT2D eigenvalue weighted by Gasteiger charge is -2.27. The van der Waals surface area contributed by atoms with Crippen LogP contribution in [-0.2, 0) is 0 Å². The van der Waals surface area contributed by atoms with Gasteiger partial charge in [-0.1, -0.05) is 85.6 Å². The summed E-state index contributed by atoms with van der Waals surface area (Å²) >= 11 is 4.87. The maximum atomic E-state index is 4.87. The number of anilines is 8. The third kappa shape index (κ3) is 5.44. The second kappa shape index (κ2) is 11.9. The fraction of sp³-hybridized carbons (Fsp3) is 0. The zero-order valence-corrected chi connectivity index (χ0v) is 22.8. The van der Waals surface area contributed by atoms with Gasteiger partial charge in [0, 0.05) is 34.1 Å². The summed E-state index contributed by atoms with van der Waals surface area (Å²) in [4.78, 5) is 4.51. The lowest BCUT2D eigenvalue weighted by atomic mass is 10.1. The summed E-state index contributed by atoms with van der Waals surface area (Å²) in [7, 11) is 0. The van der Waals surface area contributed by atoms with Gasteiger partial charge in [0.05, 0.1) is 11.4 Å². The molecule has 194 valence electrons. The second-order valence-corrected chi connectivity index (χ2v) is 9.76. The minimum absolute atomic E-state index is 0.990. The number of thiol groups is 1. The largest absolute Gasteiger partial charge is 0.311 e. The van der Waals surface area contributed by atoms with E-state index in [4.69, 9.17) is 12.8 Å². The monoisotopic (exact) mass is 535 g/mol. The molecule has 0 aromatic heterocycles. The van der Waals surface area contributed by atoms with Crippen molar-refractivity contribution in [3.8, 4) is 0 Å². The lowest BCUT2D eigenvalue weighted by Crippen LogP contribution is -2.10. The van der Waals surface area contributed by atoms with Crippen LogP contribution in [0.4, 0.5) is 45.5 Å². The average Bonchev–Trinajstić information content (AvgIpc) is 3.04. The number of rotatable bonds is 8. The van der Waals surface area contributed by atoms with Gasteiger partial charge in [0.2, 0.25) is 0 Å². The SMILES string of the molecule is SN(c1ccc(N(c2ccccc2)c2ccccc2)cc1)c1ccc(N(c2ccccc2)c2ccccc2)cc1. The highest BCUT2D eigenvalue weighted by atomic mass is 32.1. The van der Waals surface area contributed by atoms with Crippen LogP contribution in [0.5, 0.6) is 0 Å². The van der Waals surface area contributed by atoms with E-state index in [9.17, 15) is 0 Å². The van der Waals surface area contributed by atoms with Crippen LogP contribution in [0.3, 0.4) is 0 Å². The Morgan fingerprint density at radius 2 is 0.450 bits per heavy atom. The van der Waals surface area contributed by atoms with Crippen molar-refractivity contribution < 1.29 is 0 Å². The molecule has 0 aliphatic heterocycles. The van der Waals surface area contributed by atoms with E-state index in [0.29, 0.717) is 0 Å². The van der Waals surface area contributed by atoms with E-state index in [2.05, 4.69) is 155 Å². The van der Waals surface area contributed by atoms with E-state index in [-0.39, 0.29) is 0 Å². The molecule has 0 aliphatic rings. The van der Waals surface area contributed by atoms with Crippen LogP contribution in [0.25, 0.3) is 0 Å². The zero-order valence-electron chi connectivity index (χ0n) is 22.0. The van der Waals surface area contributed by atoms with Crippen molar-refractivity contribution in [2.75, 3.05) is 14.1 Å². The molecule has 0 radical (unpaired) electrons. The molecular formula is C36H29N3S. The van der Waals surface area contributed by atoms with Gasteiger partial charge in [-0.15, -0.1) is 0 Å². The molecular weight excluding hydrogens is 506 g/mol. The summed E-state index contributed by atoms with van der Waals surface area (Å²) < 4.78 is 1.91. The molecule has 3 nitrogen and oxygen atoms in total. The molecule has 0 fully saturated rings. The lowest BCUT2D eigenvalue weighted by molar-refractivity contribution is 1.27. The summed E-state index contributed by atoms with van der Waals surface area (Å²) in [5, 5.41) is 0. The predicted molar refractivity (Wildman–Crippen MR) is 173 cm³/mol. The van der Waals surface area contributed by atoms with Crippen molar-refractivity contribution in [1.82, 2.24) is 0 Å². The van der Waals surface area contributed by atoms with Gasteiger partial charge in [-0.3, -0.25) is 4.31 Å². The molecule has 40 heavy (non-hydrogen) atoms. The fourth-order valence-electron chi connectivity index (χ4n) is 4.84. The van der Waals surface area contributed by atoms with Crippen LogP contribution < -0.4 is 14.1 Å². The predicted octanol–water partition coefficient (Wildman–Crippen LogP) is 10.6. The zero-order chi connectivity index (χ0) is 27.1. The first-order valence-electron chi connectivity index (χ1n) is 13.3. The van der Waals surface area contributed by atoms with E-state index >= 15 is 0 Å². The van der Waals surface area contributed by atoms with E-state index < -0.39 is 0 Å². The second-order valence-electron chi connectivity index (χ2n) is 9.36. The Labute approximate surface area is 241 Å². The molecule has 0 saturated heterocycles. The fourth-order valence-corrected chi connectivity index (χ4v) is 5.10. The minimum Gasteiger partial charge on any atom is -0.311 e. The quantitative estimate of drug-likeness (QED) is 0.194. The first kappa shape index (κ1) is 25.4.